The van der Waals surface area contributed by atoms with Gasteiger partial charge in [-0.05, 0) is 38.9 Å². The summed E-state index contributed by atoms with van der Waals surface area (Å²) in [7, 11) is 2.04. The Labute approximate surface area is 102 Å². The highest BCUT2D eigenvalue weighted by molar-refractivity contribution is 7.14. The number of hydrogen-bond acceptors (Lipinski definition) is 3. The van der Waals surface area contributed by atoms with Gasteiger partial charge in [-0.15, -0.1) is 11.3 Å². The van der Waals surface area contributed by atoms with Crippen LogP contribution in [0.5, 0.6) is 0 Å². The molecule has 0 aliphatic carbocycles. The average molecular weight is 239 g/mol. The second kappa shape index (κ2) is 6.16. The van der Waals surface area contributed by atoms with Crippen molar-refractivity contribution in [3.05, 3.63) is 21.9 Å². The number of nitrogens with zero attached hydrogens (tertiary/aromatic N) is 1. The summed E-state index contributed by atoms with van der Waals surface area (Å²) in [6, 6.07) is 4.46. The molecule has 0 saturated heterocycles. The van der Waals surface area contributed by atoms with Gasteiger partial charge < -0.3 is 0 Å². The van der Waals surface area contributed by atoms with E-state index < -0.39 is 0 Å². The topological polar surface area (TPSA) is 20.3 Å². The zero-order valence-electron chi connectivity index (χ0n) is 10.6. The second-order valence-electron chi connectivity index (χ2n) is 4.22. The maximum absolute atomic E-state index is 12.0. The molecule has 0 amide bonds. The van der Waals surface area contributed by atoms with E-state index in [1.165, 1.54) is 4.88 Å². The van der Waals surface area contributed by atoms with Crippen LogP contribution in [-0.2, 0) is 0 Å². The lowest BCUT2D eigenvalue weighted by Crippen LogP contribution is -2.34. The summed E-state index contributed by atoms with van der Waals surface area (Å²) in [6.07, 6.45) is 2.20. The predicted octanol–water partition coefficient (Wildman–Crippen LogP) is 3.36. The fraction of sp³-hybridized carbons (Fsp3) is 0.615. The van der Waals surface area contributed by atoms with Crippen molar-refractivity contribution in [2.75, 3.05) is 13.6 Å². The molecule has 0 bridgehead atoms. The van der Waals surface area contributed by atoms with Crippen LogP contribution in [0.1, 0.15) is 41.2 Å². The van der Waals surface area contributed by atoms with Crippen LogP contribution in [0.2, 0.25) is 0 Å². The number of aryl methyl sites for hydroxylation is 1. The molecule has 1 aromatic heterocycles. The minimum absolute atomic E-state index is 0.243. The summed E-state index contributed by atoms with van der Waals surface area (Å²) < 4.78 is 0. The van der Waals surface area contributed by atoms with Crippen LogP contribution in [0.15, 0.2) is 12.1 Å². The van der Waals surface area contributed by atoms with Gasteiger partial charge in [0.05, 0.1) is 11.4 Å². The Morgan fingerprint density at radius 1 is 1.38 bits per heavy atom. The maximum atomic E-state index is 12.0. The van der Waals surface area contributed by atoms with E-state index in [9.17, 15) is 4.79 Å². The van der Waals surface area contributed by atoms with E-state index in [2.05, 4.69) is 18.7 Å². The van der Waals surface area contributed by atoms with E-state index in [4.69, 9.17) is 0 Å². The molecule has 90 valence electrons. The smallest absolute Gasteiger partial charge is 0.186 e. The summed E-state index contributed by atoms with van der Waals surface area (Å²) in [6.45, 7) is 6.91. The van der Waals surface area contributed by atoms with E-state index in [1.807, 2.05) is 26.1 Å². The van der Waals surface area contributed by atoms with E-state index in [-0.39, 0.29) is 5.78 Å². The van der Waals surface area contributed by atoms with E-state index >= 15 is 0 Å². The van der Waals surface area contributed by atoms with Gasteiger partial charge in [-0.25, -0.2) is 0 Å². The molecule has 0 saturated carbocycles. The standard InChI is InChI=1S/C13H21NOS/c1-5-11(6-2)14(4)9-12(15)13-8-7-10(3)16-13/h7-8,11H,5-6,9H2,1-4H3. The number of likely N-dealkylation sites (N-methyl/N-ethyl adjacent to an activating group) is 1. The zero-order chi connectivity index (χ0) is 12.1. The molecule has 0 aliphatic rings. The van der Waals surface area contributed by atoms with Gasteiger partial charge in [0.1, 0.15) is 0 Å². The zero-order valence-corrected chi connectivity index (χ0v) is 11.4. The Balaban J connectivity index is 2.57. The van der Waals surface area contributed by atoms with E-state index in [0.29, 0.717) is 12.6 Å². The van der Waals surface area contributed by atoms with Gasteiger partial charge in [-0.1, -0.05) is 13.8 Å². The molecular weight excluding hydrogens is 218 g/mol. The van der Waals surface area contributed by atoms with Gasteiger partial charge in [0.15, 0.2) is 5.78 Å². The van der Waals surface area contributed by atoms with Crippen molar-refractivity contribution in [2.45, 2.75) is 39.7 Å². The Bertz CT molecular complexity index is 341. The fourth-order valence-corrected chi connectivity index (χ4v) is 2.73. The summed E-state index contributed by atoms with van der Waals surface area (Å²) in [5.41, 5.74) is 0. The number of thiophene rings is 1. The molecule has 0 fully saturated rings. The maximum Gasteiger partial charge on any atom is 0.186 e. The Kier molecular flexibility index (Phi) is 5.16. The minimum atomic E-state index is 0.243. The van der Waals surface area contributed by atoms with Crippen molar-refractivity contribution in [1.82, 2.24) is 4.90 Å². The normalized spacial score (nSPS) is 11.4. The first-order chi connectivity index (χ1) is 7.58. The van der Waals surface area contributed by atoms with Crippen LogP contribution in [-0.4, -0.2) is 30.3 Å². The number of carbonyl (C=O) groups is 1. The van der Waals surface area contributed by atoms with Gasteiger partial charge in [-0.3, -0.25) is 9.69 Å². The van der Waals surface area contributed by atoms with Crippen molar-refractivity contribution in [3.8, 4) is 0 Å². The molecule has 3 heteroatoms. The average Bonchev–Trinajstić information content (AvgIpc) is 2.66. The van der Waals surface area contributed by atoms with Crippen molar-refractivity contribution in [3.63, 3.8) is 0 Å². The molecule has 1 aromatic rings. The van der Waals surface area contributed by atoms with Gasteiger partial charge in [-0.2, -0.15) is 0 Å². The van der Waals surface area contributed by atoms with Crippen LogP contribution < -0.4 is 0 Å². The quantitative estimate of drug-likeness (QED) is 0.709. The van der Waals surface area contributed by atoms with E-state index in [0.717, 1.165) is 17.7 Å². The van der Waals surface area contributed by atoms with Crippen molar-refractivity contribution in [2.24, 2.45) is 0 Å². The van der Waals surface area contributed by atoms with Crippen LogP contribution in [0, 0.1) is 6.92 Å². The minimum Gasteiger partial charge on any atom is -0.296 e. The molecule has 0 atom stereocenters. The summed E-state index contributed by atoms with van der Waals surface area (Å²) in [5, 5.41) is 0. The number of Topliss-reactive ketones (excluding diaryl/α,β-unsaturated/α-hetero) is 1. The van der Waals surface area contributed by atoms with Crippen LogP contribution in [0.25, 0.3) is 0 Å². The second-order valence-corrected chi connectivity index (χ2v) is 5.51. The molecule has 1 rings (SSSR count). The van der Waals surface area contributed by atoms with Crippen molar-refractivity contribution in [1.29, 1.82) is 0 Å². The monoisotopic (exact) mass is 239 g/mol. The number of rotatable bonds is 6. The highest BCUT2D eigenvalue weighted by Gasteiger charge is 2.16. The molecule has 0 aromatic carbocycles. The molecule has 0 radical (unpaired) electrons. The third-order valence-corrected chi connectivity index (χ3v) is 4.02. The highest BCUT2D eigenvalue weighted by Crippen LogP contribution is 2.16. The summed E-state index contributed by atoms with van der Waals surface area (Å²) >= 11 is 1.59. The third-order valence-electron chi connectivity index (χ3n) is 2.97. The first-order valence-corrected chi connectivity index (χ1v) is 6.70. The number of hydrogen-bond donors (Lipinski definition) is 0. The van der Waals surface area contributed by atoms with Crippen LogP contribution in [0.3, 0.4) is 0 Å². The Hall–Kier alpha value is -0.670. The molecule has 0 aliphatic heterocycles. The lowest BCUT2D eigenvalue weighted by molar-refractivity contribution is 0.0919. The molecular formula is C13H21NOS. The largest absolute Gasteiger partial charge is 0.296 e. The Morgan fingerprint density at radius 3 is 2.44 bits per heavy atom. The van der Waals surface area contributed by atoms with E-state index in [1.54, 1.807) is 11.3 Å². The molecule has 0 spiro atoms. The fourth-order valence-electron chi connectivity index (χ4n) is 1.93. The molecule has 1 heterocycles. The first kappa shape index (κ1) is 13.4. The SMILES string of the molecule is CCC(CC)N(C)CC(=O)c1ccc(C)s1. The van der Waals surface area contributed by atoms with Crippen molar-refractivity contribution >= 4 is 17.1 Å². The molecule has 16 heavy (non-hydrogen) atoms. The van der Waals surface area contributed by atoms with Gasteiger partial charge in [0.25, 0.3) is 0 Å². The lowest BCUT2D eigenvalue weighted by Gasteiger charge is -2.24. The Morgan fingerprint density at radius 2 is 2.00 bits per heavy atom. The van der Waals surface area contributed by atoms with Crippen LogP contribution in [0.4, 0.5) is 0 Å². The predicted molar refractivity (Wildman–Crippen MR) is 70.4 cm³/mol. The molecule has 2 nitrogen and oxygen atoms in total. The van der Waals surface area contributed by atoms with Crippen molar-refractivity contribution < 1.29 is 4.79 Å². The summed E-state index contributed by atoms with van der Waals surface area (Å²) in [4.78, 5) is 16.2. The van der Waals surface area contributed by atoms with Crippen LogP contribution >= 0.6 is 11.3 Å². The first-order valence-electron chi connectivity index (χ1n) is 5.88. The van der Waals surface area contributed by atoms with Gasteiger partial charge in [0.2, 0.25) is 0 Å². The summed E-state index contributed by atoms with van der Waals surface area (Å²) in [5.74, 6) is 0.243. The van der Waals surface area contributed by atoms with Gasteiger partial charge >= 0.3 is 0 Å². The third kappa shape index (κ3) is 3.42. The highest BCUT2D eigenvalue weighted by atomic mass is 32.1. The molecule has 0 unspecified atom stereocenters. The number of ketones is 1. The number of carbonyl (C=O) groups excluding carboxylic acids is 1. The lowest BCUT2D eigenvalue weighted by atomic mass is 10.1. The van der Waals surface area contributed by atoms with Gasteiger partial charge in [0, 0.05) is 10.9 Å². The molecule has 0 N–H and O–H groups in total.